The Balaban J connectivity index is 1.86. The molecule has 2 aromatic carbocycles. The van der Waals surface area contributed by atoms with Crippen molar-refractivity contribution in [1.82, 2.24) is 5.06 Å². The Morgan fingerprint density at radius 2 is 1.64 bits per heavy atom. The van der Waals surface area contributed by atoms with Crippen LogP contribution >= 0.6 is 0 Å². The molecular weight excluding hydrogens is 430 g/mol. The number of hydrogen-bond acceptors (Lipinski definition) is 6. The minimum atomic E-state index is -2.50. The lowest BCUT2D eigenvalue weighted by Crippen LogP contribution is -2.54. The molecule has 0 aliphatic carbocycles. The number of benzene rings is 2. The van der Waals surface area contributed by atoms with Crippen LogP contribution in [0.4, 0.5) is 0 Å². The minimum Gasteiger partial charge on any atom is -0.493 e. The predicted molar refractivity (Wildman–Crippen MR) is 127 cm³/mol. The van der Waals surface area contributed by atoms with E-state index in [2.05, 4.69) is 46.0 Å². The van der Waals surface area contributed by atoms with Crippen molar-refractivity contribution in [3.8, 4) is 17.9 Å². The molecule has 2 heterocycles. The quantitative estimate of drug-likeness (QED) is 0.545. The van der Waals surface area contributed by atoms with Gasteiger partial charge in [-0.15, -0.1) is 0 Å². The van der Waals surface area contributed by atoms with E-state index in [0.717, 1.165) is 16.9 Å². The molecule has 0 aromatic heterocycles. The van der Waals surface area contributed by atoms with Crippen molar-refractivity contribution in [1.29, 1.82) is 10.5 Å². The van der Waals surface area contributed by atoms with Crippen molar-refractivity contribution in [3.63, 3.8) is 0 Å². The SMILES string of the molecule is CC(C)(C)[Si](C)(C)OC(C#N)(C#N)[C@H](c1ccccc1)N1OC[C@@H]2COc3ccccc3[C@@H]21. The van der Waals surface area contributed by atoms with Crippen molar-refractivity contribution < 1.29 is 14.0 Å². The van der Waals surface area contributed by atoms with Gasteiger partial charge in [-0.1, -0.05) is 69.3 Å². The first-order valence-electron chi connectivity index (χ1n) is 11.3. The zero-order chi connectivity index (χ0) is 23.9. The first-order valence-corrected chi connectivity index (χ1v) is 14.2. The Morgan fingerprint density at radius 1 is 1.00 bits per heavy atom. The molecule has 1 saturated heterocycles. The fourth-order valence-corrected chi connectivity index (χ4v) is 5.69. The Kier molecular flexibility index (Phi) is 6.11. The average molecular weight is 462 g/mol. The predicted octanol–water partition coefficient (Wildman–Crippen LogP) is 5.53. The van der Waals surface area contributed by atoms with E-state index in [4.69, 9.17) is 14.0 Å². The van der Waals surface area contributed by atoms with E-state index in [9.17, 15) is 10.5 Å². The molecule has 2 aliphatic heterocycles. The lowest BCUT2D eigenvalue weighted by molar-refractivity contribution is -0.191. The van der Waals surface area contributed by atoms with Crippen molar-refractivity contribution >= 4 is 8.32 Å². The lowest BCUT2D eigenvalue weighted by atomic mass is 9.86. The summed E-state index contributed by atoms with van der Waals surface area (Å²) in [4.78, 5) is 6.27. The largest absolute Gasteiger partial charge is 0.493 e. The van der Waals surface area contributed by atoms with E-state index >= 15 is 0 Å². The Bertz CT molecular complexity index is 1070. The van der Waals surface area contributed by atoms with Gasteiger partial charge >= 0.3 is 0 Å². The van der Waals surface area contributed by atoms with E-state index in [0.29, 0.717) is 13.2 Å². The van der Waals surface area contributed by atoms with E-state index in [1.54, 1.807) is 0 Å². The molecule has 33 heavy (non-hydrogen) atoms. The van der Waals surface area contributed by atoms with Gasteiger partial charge in [0.2, 0.25) is 0 Å². The topological polar surface area (TPSA) is 78.5 Å². The number of ether oxygens (including phenoxy) is 1. The lowest BCUT2D eigenvalue weighted by Gasteiger charge is -2.45. The summed E-state index contributed by atoms with van der Waals surface area (Å²) >= 11 is 0. The van der Waals surface area contributed by atoms with Gasteiger partial charge in [0.1, 0.15) is 23.9 Å². The second-order valence-electron chi connectivity index (χ2n) is 10.3. The summed E-state index contributed by atoms with van der Waals surface area (Å²) in [7, 11) is -2.50. The Labute approximate surface area is 197 Å². The van der Waals surface area contributed by atoms with Crippen LogP contribution in [0.2, 0.25) is 18.1 Å². The molecule has 0 amide bonds. The number of hydrogen-bond donors (Lipinski definition) is 0. The van der Waals surface area contributed by atoms with E-state index in [1.165, 1.54) is 0 Å². The number of nitrogens with zero attached hydrogens (tertiary/aromatic N) is 3. The first-order chi connectivity index (χ1) is 15.6. The highest BCUT2D eigenvalue weighted by molar-refractivity contribution is 6.74. The van der Waals surface area contributed by atoms with Crippen LogP contribution in [0.25, 0.3) is 0 Å². The summed E-state index contributed by atoms with van der Waals surface area (Å²) in [5.41, 5.74) is 0.0696. The highest BCUT2D eigenvalue weighted by Gasteiger charge is 2.56. The molecule has 0 bridgehead atoms. The fourth-order valence-electron chi connectivity index (χ4n) is 4.38. The van der Waals surface area contributed by atoms with Crippen LogP contribution < -0.4 is 4.74 Å². The van der Waals surface area contributed by atoms with Crippen LogP contribution in [-0.2, 0) is 9.26 Å². The average Bonchev–Trinajstić information content (AvgIpc) is 3.22. The van der Waals surface area contributed by atoms with E-state index in [-0.39, 0.29) is 17.0 Å². The zero-order valence-corrected chi connectivity index (χ0v) is 20.9. The molecule has 0 N–H and O–H groups in total. The van der Waals surface area contributed by atoms with Crippen LogP contribution in [-0.4, -0.2) is 32.2 Å². The summed E-state index contributed by atoms with van der Waals surface area (Å²) in [5.74, 6) is 0.903. The second kappa shape index (κ2) is 8.59. The number of fused-ring (bicyclic) bond motifs is 3. The minimum absolute atomic E-state index is 0.0917. The molecule has 3 atom stereocenters. The van der Waals surface area contributed by atoms with Gasteiger partial charge in [0.05, 0.1) is 19.3 Å². The molecule has 7 heteroatoms. The Hall–Kier alpha value is -2.68. The number of para-hydroxylation sites is 1. The number of nitriles is 2. The van der Waals surface area contributed by atoms with Crippen LogP contribution in [0, 0.1) is 28.6 Å². The fraction of sp³-hybridized carbons (Fsp3) is 0.462. The summed E-state index contributed by atoms with van der Waals surface area (Å²) in [6, 6.07) is 21.2. The van der Waals surface area contributed by atoms with Crippen molar-refractivity contribution in [2.24, 2.45) is 5.92 Å². The molecule has 0 unspecified atom stereocenters. The van der Waals surface area contributed by atoms with E-state index in [1.807, 2.05) is 59.7 Å². The van der Waals surface area contributed by atoms with Crippen molar-refractivity contribution in [3.05, 3.63) is 65.7 Å². The van der Waals surface area contributed by atoms with Gasteiger partial charge in [0.15, 0.2) is 8.32 Å². The summed E-state index contributed by atoms with van der Waals surface area (Å²) < 4.78 is 12.6. The van der Waals surface area contributed by atoms with E-state index < -0.39 is 20.0 Å². The highest BCUT2D eigenvalue weighted by atomic mass is 28.4. The van der Waals surface area contributed by atoms with Crippen LogP contribution in [0.5, 0.6) is 5.75 Å². The van der Waals surface area contributed by atoms with Gasteiger partial charge < -0.3 is 9.16 Å². The molecule has 0 radical (unpaired) electrons. The maximum absolute atomic E-state index is 10.5. The van der Waals surface area contributed by atoms with Gasteiger partial charge in [0.25, 0.3) is 5.60 Å². The number of rotatable bonds is 5. The molecule has 1 fully saturated rings. The van der Waals surface area contributed by atoms with Crippen molar-refractivity contribution in [2.75, 3.05) is 13.2 Å². The van der Waals surface area contributed by atoms with Gasteiger partial charge in [-0.2, -0.15) is 15.6 Å². The highest BCUT2D eigenvalue weighted by Crippen LogP contribution is 2.51. The van der Waals surface area contributed by atoms with Crippen LogP contribution in [0.1, 0.15) is 44.0 Å². The number of hydroxylamine groups is 2. The van der Waals surface area contributed by atoms with Gasteiger partial charge in [0, 0.05) is 11.5 Å². The summed E-state index contributed by atoms with van der Waals surface area (Å²) in [6.07, 6.45) is 0. The summed E-state index contributed by atoms with van der Waals surface area (Å²) in [5, 5.41) is 22.7. The second-order valence-corrected chi connectivity index (χ2v) is 15.1. The molecular formula is C26H31N3O3Si. The maximum Gasteiger partial charge on any atom is 0.254 e. The summed E-state index contributed by atoms with van der Waals surface area (Å²) in [6.45, 7) is 11.4. The first kappa shape index (κ1) is 23.5. The van der Waals surface area contributed by atoms with Crippen LogP contribution in [0.15, 0.2) is 54.6 Å². The standard InChI is InChI=1S/C26H31N3O3Si/c1-25(2,3)33(4,5)32-26(17-27,18-28)24(19-11-7-6-8-12-19)29-23-20(16-31-29)15-30-22-14-10-9-13-21(22)23/h6-14,20,23-24H,15-16H2,1-5H3/t20-,23+,24-/m0/s1. The zero-order valence-electron chi connectivity index (χ0n) is 19.9. The smallest absolute Gasteiger partial charge is 0.254 e. The normalized spacial score (nSPS) is 21.8. The third-order valence-electron chi connectivity index (χ3n) is 7.16. The molecule has 4 rings (SSSR count). The van der Waals surface area contributed by atoms with Gasteiger partial charge in [-0.05, 0) is 29.8 Å². The van der Waals surface area contributed by atoms with Crippen LogP contribution in [0.3, 0.4) is 0 Å². The Morgan fingerprint density at radius 3 is 2.27 bits per heavy atom. The molecule has 2 aromatic rings. The third-order valence-corrected chi connectivity index (χ3v) is 11.6. The molecule has 0 saturated carbocycles. The molecule has 2 aliphatic rings. The van der Waals surface area contributed by atoms with Gasteiger partial charge in [-0.25, -0.2) is 0 Å². The molecule has 172 valence electrons. The van der Waals surface area contributed by atoms with Gasteiger partial charge in [-0.3, -0.25) is 4.84 Å². The molecule has 6 nitrogen and oxygen atoms in total. The monoisotopic (exact) mass is 461 g/mol. The maximum atomic E-state index is 10.5. The molecule has 0 spiro atoms. The third kappa shape index (κ3) is 4.07. The van der Waals surface area contributed by atoms with Crippen molar-refractivity contribution in [2.45, 2.75) is 56.6 Å².